The number of ether oxygens (including phenoxy) is 2. The van der Waals surface area contributed by atoms with E-state index < -0.39 is 4.92 Å². The molecule has 0 bridgehead atoms. The molecule has 1 N–H and O–H groups in total. The third kappa shape index (κ3) is 2.95. The van der Waals surface area contributed by atoms with Crippen molar-refractivity contribution < 1.29 is 14.4 Å². The van der Waals surface area contributed by atoms with Crippen LogP contribution in [0.3, 0.4) is 0 Å². The van der Waals surface area contributed by atoms with Crippen LogP contribution < -0.4 is 4.74 Å². The second-order valence-corrected chi connectivity index (χ2v) is 6.66. The zero-order valence-electron chi connectivity index (χ0n) is 15.8. The summed E-state index contributed by atoms with van der Waals surface area (Å²) in [6.07, 6.45) is 1.81. The van der Waals surface area contributed by atoms with Crippen LogP contribution >= 0.6 is 0 Å². The molecule has 7 nitrogen and oxygen atoms in total. The average Bonchev–Trinajstić information content (AvgIpc) is 3.04. The zero-order valence-corrected chi connectivity index (χ0v) is 15.8. The smallest absolute Gasteiger partial charge is 0.272 e. The number of benzene rings is 2. The van der Waals surface area contributed by atoms with Gasteiger partial charge in [-0.05, 0) is 38.1 Å². The second kappa shape index (κ2) is 6.94. The summed E-state index contributed by atoms with van der Waals surface area (Å²) in [4.78, 5) is 18.5. The van der Waals surface area contributed by atoms with Gasteiger partial charge in [0.25, 0.3) is 5.69 Å². The molecule has 0 radical (unpaired) electrons. The van der Waals surface area contributed by atoms with E-state index in [1.54, 1.807) is 26.2 Å². The first kappa shape index (κ1) is 17.9. The lowest BCUT2D eigenvalue weighted by molar-refractivity contribution is -0.385. The maximum Gasteiger partial charge on any atom is 0.272 e. The zero-order chi connectivity index (χ0) is 19.8. The number of nitrogens with one attached hydrogen (secondary N) is 1. The van der Waals surface area contributed by atoms with E-state index >= 15 is 0 Å². The Morgan fingerprint density at radius 1 is 1.14 bits per heavy atom. The maximum absolute atomic E-state index is 11.1. The van der Waals surface area contributed by atoms with Crippen molar-refractivity contribution in [1.29, 1.82) is 0 Å². The number of fused-ring (bicyclic) bond motifs is 3. The SMILES string of the molecule is COCc1c(C)ncc2[nH]c3cccc(Oc4ccc([N+](=O)[O-])c(C)c4)c3c12. The minimum atomic E-state index is -0.397. The summed E-state index contributed by atoms with van der Waals surface area (Å²) in [6, 6.07) is 10.5. The minimum Gasteiger partial charge on any atom is -0.457 e. The highest BCUT2D eigenvalue weighted by Crippen LogP contribution is 2.38. The number of aryl methyl sites for hydroxylation is 2. The lowest BCUT2D eigenvalue weighted by atomic mass is 10.1. The van der Waals surface area contributed by atoms with Crippen LogP contribution in [0.15, 0.2) is 42.6 Å². The van der Waals surface area contributed by atoms with Crippen LogP contribution in [-0.2, 0) is 11.3 Å². The average molecular weight is 377 g/mol. The summed E-state index contributed by atoms with van der Waals surface area (Å²) >= 11 is 0. The van der Waals surface area contributed by atoms with Crippen LogP contribution in [0.5, 0.6) is 11.5 Å². The minimum absolute atomic E-state index is 0.0710. The van der Waals surface area contributed by atoms with Crippen molar-refractivity contribution in [2.45, 2.75) is 20.5 Å². The molecule has 0 saturated heterocycles. The maximum atomic E-state index is 11.1. The molecule has 0 atom stereocenters. The summed E-state index contributed by atoms with van der Waals surface area (Å²) < 4.78 is 11.5. The van der Waals surface area contributed by atoms with Gasteiger partial charge in [-0.2, -0.15) is 0 Å². The van der Waals surface area contributed by atoms with E-state index in [1.807, 2.05) is 31.3 Å². The van der Waals surface area contributed by atoms with Crippen molar-refractivity contribution >= 4 is 27.5 Å². The van der Waals surface area contributed by atoms with Crippen LogP contribution in [-0.4, -0.2) is 22.0 Å². The Bertz CT molecular complexity index is 1210. The van der Waals surface area contributed by atoms with E-state index in [-0.39, 0.29) is 5.69 Å². The van der Waals surface area contributed by atoms with E-state index in [2.05, 4.69) is 9.97 Å². The van der Waals surface area contributed by atoms with Gasteiger partial charge in [0.2, 0.25) is 0 Å². The normalized spacial score (nSPS) is 11.2. The summed E-state index contributed by atoms with van der Waals surface area (Å²) in [5.74, 6) is 1.21. The molecule has 0 saturated carbocycles. The molecule has 0 fully saturated rings. The van der Waals surface area contributed by atoms with Gasteiger partial charge >= 0.3 is 0 Å². The topological polar surface area (TPSA) is 90.3 Å². The van der Waals surface area contributed by atoms with Gasteiger partial charge in [0.1, 0.15) is 11.5 Å². The molecule has 0 aliphatic carbocycles. The van der Waals surface area contributed by atoms with Crippen molar-refractivity contribution in [3.05, 3.63) is 69.5 Å². The molecule has 4 aromatic rings. The number of nitro groups is 1. The third-order valence-electron chi connectivity index (χ3n) is 4.82. The number of aromatic nitrogens is 2. The first-order valence-electron chi connectivity index (χ1n) is 8.80. The number of hydrogen-bond donors (Lipinski definition) is 1. The van der Waals surface area contributed by atoms with Crippen LogP contribution in [0.4, 0.5) is 5.69 Å². The number of H-pyrrole nitrogens is 1. The molecule has 0 aliphatic rings. The van der Waals surface area contributed by atoms with Crippen LogP contribution in [0.25, 0.3) is 21.8 Å². The van der Waals surface area contributed by atoms with E-state index in [0.29, 0.717) is 23.7 Å². The summed E-state index contributed by atoms with van der Waals surface area (Å²) in [5.41, 5.74) is 4.35. The largest absolute Gasteiger partial charge is 0.457 e. The monoisotopic (exact) mass is 377 g/mol. The second-order valence-electron chi connectivity index (χ2n) is 6.66. The summed E-state index contributed by atoms with van der Waals surface area (Å²) in [5, 5.41) is 13.0. The third-order valence-corrected chi connectivity index (χ3v) is 4.82. The first-order chi connectivity index (χ1) is 13.5. The number of nitrogens with zero attached hydrogens (tertiary/aromatic N) is 2. The fourth-order valence-corrected chi connectivity index (χ4v) is 3.50. The molecule has 28 heavy (non-hydrogen) atoms. The van der Waals surface area contributed by atoms with Crippen LogP contribution in [0.1, 0.15) is 16.8 Å². The Kier molecular flexibility index (Phi) is 4.44. The molecule has 0 aliphatic heterocycles. The molecule has 2 aromatic carbocycles. The number of aromatic amines is 1. The molecular weight excluding hydrogens is 358 g/mol. The molecule has 2 aromatic heterocycles. The van der Waals surface area contributed by atoms with Crippen LogP contribution in [0.2, 0.25) is 0 Å². The summed E-state index contributed by atoms with van der Waals surface area (Å²) in [7, 11) is 1.66. The highest BCUT2D eigenvalue weighted by atomic mass is 16.6. The highest BCUT2D eigenvalue weighted by molar-refractivity contribution is 6.12. The van der Waals surface area contributed by atoms with E-state index in [9.17, 15) is 10.1 Å². The number of methoxy groups -OCH3 is 1. The van der Waals surface area contributed by atoms with Crippen molar-refractivity contribution in [3.8, 4) is 11.5 Å². The van der Waals surface area contributed by atoms with Crippen molar-refractivity contribution in [3.63, 3.8) is 0 Å². The van der Waals surface area contributed by atoms with Crippen molar-refractivity contribution in [2.24, 2.45) is 0 Å². The number of rotatable bonds is 5. The van der Waals surface area contributed by atoms with Gasteiger partial charge in [-0.1, -0.05) is 6.07 Å². The standard InChI is InChI=1S/C21H19N3O4/c1-12-9-14(7-8-18(12)24(25)26)28-19-6-4-5-16-21(19)20-15(11-27-3)13(2)22-10-17(20)23-16/h4-10,23H,11H2,1-3H3. The lowest BCUT2D eigenvalue weighted by Crippen LogP contribution is -1.96. The number of hydrogen-bond acceptors (Lipinski definition) is 5. The Labute approximate surface area is 161 Å². The number of pyridine rings is 1. The van der Waals surface area contributed by atoms with E-state index in [1.165, 1.54) is 6.07 Å². The van der Waals surface area contributed by atoms with Crippen molar-refractivity contribution in [2.75, 3.05) is 7.11 Å². The molecule has 4 rings (SSSR count). The molecule has 0 spiro atoms. The van der Waals surface area contributed by atoms with Gasteiger partial charge in [-0.15, -0.1) is 0 Å². The van der Waals surface area contributed by atoms with Gasteiger partial charge in [0.15, 0.2) is 0 Å². The van der Waals surface area contributed by atoms with Gasteiger partial charge in [-0.25, -0.2) is 0 Å². The highest BCUT2D eigenvalue weighted by Gasteiger charge is 2.17. The fourth-order valence-electron chi connectivity index (χ4n) is 3.50. The molecular formula is C21H19N3O4. The predicted octanol–water partition coefficient (Wildman–Crippen LogP) is 5.18. The molecule has 0 unspecified atom stereocenters. The number of nitro benzene ring substituents is 1. The van der Waals surface area contributed by atoms with E-state index in [4.69, 9.17) is 9.47 Å². The van der Waals surface area contributed by atoms with Gasteiger partial charge < -0.3 is 14.5 Å². The quantitative estimate of drug-likeness (QED) is 0.382. The molecule has 0 amide bonds. The Balaban J connectivity index is 1.89. The van der Waals surface area contributed by atoms with E-state index in [0.717, 1.165) is 33.1 Å². The van der Waals surface area contributed by atoms with Crippen LogP contribution in [0, 0.1) is 24.0 Å². The molecule has 142 valence electrons. The Morgan fingerprint density at radius 2 is 1.96 bits per heavy atom. The summed E-state index contributed by atoms with van der Waals surface area (Å²) in [6.45, 7) is 4.09. The van der Waals surface area contributed by atoms with Gasteiger partial charge in [0, 0.05) is 35.4 Å². The Morgan fingerprint density at radius 3 is 2.68 bits per heavy atom. The first-order valence-corrected chi connectivity index (χ1v) is 8.80. The lowest BCUT2D eigenvalue weighted by Gasteiger charge is -2.10. The molecule has 2 heterocycles. The van der Waals surface area contributed by atoms with Crippen molar-refractivity contribution in [1.82, 2.24) is 9.97 Å². The van der Waals surface area contributed by atoms with Gasteiger partial charge in [0.05, 0.1) is 34.1 Å². The predicted molar refractivity (Wildman–Crippen MR) is 107 cm³/mol. The Hall–Kier alpha value is -3.45. The molecule has 7 heteroatoms. The van der Waals surface area contributed by atoms with Gasteiger partial charge in [-0.3, -0.25) is 15.1 Å². The fraction of sp³-hybridized carbons (Fsp3) is 0.190.